The molecule has 1 aliphatic carbocycles. The number of hydrogen-bond acceptors (Lipinski definition) is 9. The molecule has 0 radical (unpaired) electrons. The Morgan fingerprint density at radius 3 is 2.45 bits per heavy atom. The van der Waals surface area contributed by atoms with Crippen LogP contribution in [0.15, 0.2) is 29.6 Å². The van der Waals surface area contributed by atoms with E-state index >= 15 is 0 Å². The van der Waals surface area contributed by atoms with Gasteiger partial charge < -0.3 is 24.7 Å². The number of aliphatic hydroxyl groups excluding tert-OH is 1. The van der Waals surface area contributed by atoms with Crippen LogP contribution in [0.1, 0.15) is 101 Å². The highest BCUT2D eigenvalue weighted by atomic mass is 32.2. The minimum atomic E-state index is -3.33. The van der Waals surface area contributed by atoms with Gasteiger partial charge in [0.1, 0.15) is 17.3 Å². The van der Waals surface area contributed by atoms with E-state index in [1.165, 1.54) is 0 Å². The zero-order valence-electron chi connectivity index (χ0n) is 30.1. The summed E-state index contributed by atoms with van der Waals surface area (Å²) >= 11 is 0. The number of aryl methyl sites for hydroxylation is 1. The van der Waals surface area contributed by atoms with Crippen molar-refractivity contribution in [3.8, 4) is 11.5 Å². The molecule has 0 spiro atoms. The predicted octanol–water partition coefficient (Wildman–Crippen LogP) is 7.05. The van der Waals surface area contributed by atoms with Crippen LogP contribution < -0.4 is 9.47 Å². The third kappa shape index (κ3) is 11.9. The van der Waals surface area contributed by atoms with Gasteiger partial charge in [-0.15, -0.1) is 0 Å². The van der Waals surface area contributed by atoms with E-state index in [1.54, 1.807) is 27.3 Å². The number of carboxylic acids is 1. The number of nitrogens with one attached hydrogen (secondary N) is 1. The molecule has 11 nitrogen and oxygen atoms in total. The van der Waals surface area contributed by atoms with Gasteiger partial charge in [-0.25, -0.2) is 4.98 Å². The summed E-state index contributed by atoms with van der Waals surface area (Å²) in [6.07, 6.45) is 4.62. The third-order valence-corrected chi connectivity index (χ3v) is 10.5. The molecule has 0 amide bonds. The van der Waals surface area contributed by atoms with Gasteiger partial charge in [0.2, 0.25) is 5.78 Å². The molecule has 51 heavy (non-hydrogen) atoms. The fraction of sp³-hybridized carbons (Fsp3) is 0.595. The third-order valence-electron chi connectivity index (χ3n) is 9.35. The number of aliphatic carboxylic acids is 1. The molecule has 14 heteroatoms. The van der Waals surface area contributed by atoms with Gasteiger partial charge in [-0.3, -0.25) is 23.6 Å². The number of carbonyl (C=O) groups excluding carboxylic acids is 2. The number of halogens is 2. The Balaban J connectivity index is 0.000000277. The number of carboxylic acid groups (broad SMARTS) is 1. The molecular formula is C37H51F2N3O8S. The van der Waals surface area contributed by atoms with Crippen LogP contribution in [0.5, 0.6) is 11.5 Å². The smallest absolute Gasteiger partial charge is 0.305 e. The van der Waals surface area contributed by atoms with Crippen LogP contribution in [0, 0.1) is 25.7 Å². The van der Waals surface area contributed by atoms with Crippen LogP contribution in [0.4, 0.5) is 8.78 Å². The highest BCUT2D eigenvalue weighted by molar-refractivity contribution is 7.84. The number of ketones is 2. The highest BCUT2D eigenvalue weighted by Gasteiger charge is 2.43. The number of hydrogen-bond donors (Lipinski definition) is 3. The number of fused-ring (bicyclic) bond motifs is 1. The number of ether oxygens (including phenoxy) is 2. The predicted molar refractivity (Wildman–Crippen MR) is 190 cm³/mol. The summed E-state index contributed by atoms with van der Waals surface area (Å²) in [5.41, 5.74) is 4.16. The minimum absolute atomic E-state index is 0.0226. The number of alkyl halides is 2. The topological polar surface area (TPSA) is 169 Å². The maximum absolute atomic E-state index is 13.8. The second kappa shape index (κ2) is 19.7. The van der Waals surface area contributed by atoms with Crippen molar-refractivity contribution >= 4 is 39.4 Å². The second-order valence-corrected chi connectivity index (χ2v) is 14.5. The number of rotatable bonds is 19. The molecule has 2 heterocycles. The molecule has 3 aromatic rings. The first-order chi connectivity index (χ1) is 24.2. The summed E-state index contributed by atoms with van der Waals surface area (Å²) in [7, 11) is 1.91. The maximum atomic E-state index is 13.8. The highest BCUT2D eigenvalue weighted by Crippen LogP contribution is 2.37. The van der Waals surface area contributed by atoms with Gasteiger partial charge in [-0.1, -0.05) is 32.6 Å². The summed E-state index contributed by atoms with van der Waals surface area (Å²) < 4.78 is 50.9. The van der Waals surface area contributed by atoms with E-state index < -0.39 is 52.8 Å². The van der Waals surface area contributed by atoms with Gasteiger partial charge in [-0.05, 0) is 57.6 Å². The number of unbranched alkanes of at least 4 members (excludes halogenated alkanes) is 4. The summed E-state index contributed by atoms with van der Waals surface area (Å²) in [4.78, 5) is 46.3. The van der Waals surface area contributed by atoms with Gasteiger partial charge in [0, 0.05) is 55.0 Å². The Morgan fingerprint density at radius 2 is 1.78 bits per heavy atom. The van der Waals surface area contributed by atoms with Crippen LogP contribution in [0.25, 0.3) is 11.0 Å². The van der Waals surface area contributed by atoms with Crippen LogP contribution >= 0.6 is 0 Å². The Bertz CT molecular complexity index is 1660. The van der Waals surface area contributed by atoms with E-state index in [-0.39, 0.29) is 43.6 Å². The average Bonchev–Trinajstić information content (AvgIpc) is 3.64. The van der Waals surface area contributed by atoms with Crippen molar-refractivity contribution in [3.63, 3.8) is 0 Å². The van der Waals surface area contributed by atoms with E-state index in [0.29, 0.717) is 24.4 Å². The molecule has 0 aliphatic heterocycles. The summed E-state index contributed by atoms with van der Waals surface area (Å²) in [6, 6.07) is 5.50. The van der Waals surface area contributed by atoms with E-state index in [9.17, 15) is 32.5 Å². The number of imidazole rings is 1. The number of H-pyrrole nitrogens is 1. The van der Waals surface area contributed by atoms with Crippen LogP contribution in [-0.4, -0.2) is 73.2 Å². The van der Waals surface area contributed by atoms with Gasteiger partial charge in [0.25, 0.3) is 0 Å². The molecule has 1 saturated carbocycles. The van der Waals surface area contributed by atoms with Crippen molar-refractivity contribution in [1.82, 2.24) is 15.0 Å². The Kier molecular flexibility index (Phi) is 16.1. The molecule has 0 bridgehead atoms. The molecule has 1 aliphatic rings. The van der Waals surface area contributed by atoms with E-state index in [0.717, 1.165) is 58.6 Å². The first kappa shape index (κ1) is 41.6. The summed E-state index contributed by atoms with van der Waals surface area (Å²) in [5.74, 6) is -4.37. The van der Waals surface area contributed by atoms with Crippen LogP contribution in [0.3, 0.4) is 0 Å². The maximum Gasteiger partial charge on any atom is 0.305 e. The zero-order chi connectivity index (χ0) is 37.7. The number of pyridine rings is 1. The van der Waals surface area contributed by atoms with Crippen molar-refractivity contribution < 1.29 is 47.1 Å². The number of methoxy groups -OCH3 is 2. The lowest BCUT2D eigenvalue weighted by molar-refractivity contribution is -0.144. The molecular weight excluding hydrogens is 684 g/mol. The molecule has 4 atom stereocenters. The lowest BCUT2D eigenvalue weighted by Crippen LogP contribution is -2.30. The molecule has 1 aromatic carbocycles. The zero-order valence-corrected chi connectivity index (χ0v) is 31.0. The Hall–Kier alpha value is -3.78. The van der Waals surface area contributed by atoms with E-state index in [2.05, 4.69) is 15.0 Å². The summed E-state index contributed by atoms with van der Waals surface area (Å²) in [6.45, 7) is 5.65. The number of aromatic amines is 1. The van der Waals surface area contributed by atoms with Gasteiger partial charge in [0.05, 0.1) is 53.6 Å². The van der Waals surface area contributed by atoms with Crippen LogP contribution in [0.2, 0.25) is 0 Å². The lowest BCUT2D eigenvalue weighted by Gasteiger charge is -2.22. The second-order valence-electron chi connectivity index (χ2n) is 13.1. The number of aliphatic hydroxyl groups is 1. The Morgan fingerprint density at radius 1 is 1.06 bits per heavy atom. The molecule has 4 rings (SSSR count). The number of Topliss-reactive ketones (excluding diaryl/α,β-unsaturated/α-hetero) is 2. The molecule has 1 unspecified atom stereocenters. The normalized spacial score (nSPS) is 18.0. The SMILES string of the molecule is CCCCC(F)(F)C(=O)CC[C@H]1[C@H](O)CC(=O)[C@@H]1CCCCCCC(=O)O.COc1ccc2nc(S(=O)Cc3ncc(C)c(OC)c3C)[nH]c2c1. The number of aromatic nitrogens is 3. The largest absolute Gasteiger partial charge is 0.497 e. The first-order valence-corrected chi connectivity index (χ1v) is 18.8. The van der Waals surface area contributed by atoms with E-state index in [1.807, 2.05) is 32.0 Å². The average molecular weight is 736 g/mol. The van der Waals surface area contributed by atoms with Gasteiger partial charge in [0.15, 0.2) is 5.16 Å². The number of carbonyl (C=O) groups is 3. The molecule has 2 aromatic heterocycles. The van der Waals surface area contributed by atoms with Crippen molar-refractivity contribution in [2.45, 2.75) is 121 Å². The van der Waals surface area contributed by atoms with Crippen molar-refractivity contribution in [1.29, 1.82) is 0 Å². The van der Waals surface area contributed by atoms with Gasteiger partial charge >= 0.3 is 11.9 Å². The monoisotopic (exact) mass is 735 g/mol. The fourth-order valence-corrected chi connectivity index (χ4v) is 7.51. The lowest BCUT2D eigenvalue weighted by atomic mass is 9.85. The molecule has 1 fully saturated rings. The van der Waals surface area contributed by atoms with Crippen molar-refractivity contribution in [2.75, 3.05) is 14.2 Å². The van der Waals surface area contributed by atoms with E-state index in [4.69, 9.17) is 14.6 Å². The van der Waals surface area contributed by atoms with Gasteiger partial charge in [-0.2, -0.15) is 8.78 Å². The van der Waals surface area contributed by atoms with Crippen molar-refractivity contribution in [3.05, 3.63) is 41.2 Å². The fourth-order valence-electron chi connectivity index (χ4n) is 6.41. The molecule has 3 N–H and O–H groups in total. The molecule has 282 valence electrons. The van der Waals surface area contributed by atoms with Crippen molar-refractivity contribution in [2.24, 2.45) is 11.8 Å². The quantitative estimate of drug-likeness (QED) is 0.109. The summed E-state index contributed by atoms with van der Waals surface area (Å²) in [5, 5.41) is 19.1. The number of benzene rings is 1. The number of nitrogens with zero attached hydrogens (tertiary/aromatic N) is 2. The molecule has 0 saturated heterocycles. The minimum Gasteiger partial charge on any atom is -0.497 e. The van der Waals surface area contributed by atoms with Crippen LogP contribution in [-0.2, 0) is 30.9 Å². The Labute approximate surface area is 300 Å². The standard InChI is InChI=1S/C20H32F2O5.C17H19N3O3S/c1-2-3-12-20(21,22)18(25)11-10-15-14(16(23)13-17(15)24)8-6-4-5-7-9-19(26)27;1-10-8-18-15(11(2)16(10)23-4)9-24(21)17-19-13-6-5-12(22-3)7-14(13)20-17/h14-15,17,24H,2-13H2,1H3,(H,26,27);5-8H,9H2,1-4H3,(H,19,20)/t14-,15-,17-;/m1./s1. The first-order valence-electron chi connectivity index (χ1n) is 17.5.